The van der Waals surface area contributed by atoms with Crippen LogP contribution in [0.2, 0.25) is 0 Å². The lowest BCUT2D eigenvalue weighted by Gasteiger charge is -2.34. The van der Waals surface area contributed by atoms with Crippen LogP contribution in [0.15, 0.2) is 14.9 Å². The van der Waals surface area contributed by atoms with Gasteiger partial charge in [0, 0.05) is 19.4 Å². The van der Waals surface area contributed by atoms with E-state index < -0.39 is 6.23 Å². The number of ether oxygens (including phenoxy) is 2. The van der Waals surface area contributed by atoms with E-state index >= 15 is 0 Å². The number of aliphatic hydroxyl groups excluding tert-OH is 1. The van der Waals surface area contributed by atoms with Gasteiger partial charge in [-0.1, -0.05) is 0 Å². The van der Waals surface area contributed by atoms with Gasteiger partial charge in [-0.25, -0.2) is 4.99 Å². The number of hydrogen-bond acceptors (Lipinski definition) is 6. The van der Waals surface area contributed by atoms with Gasteiger partial charge >= 0.3 is 0 Å². The molecular formula is C13H18IN3O4. The maximum Gasteiger partial charge on any atom is 0.272 e. The zero-order valence-electron chi connectivity index (χ0n) is 11.5. The second-order valence-corrected chi connectivity index (χ2v) is 6.32. The van der Waals surface area contributed by atoms with Gasteiger partial charge in [0.25, 0.3) is 5.91 Å². The van der Waals surface area contributed by atoms with E-state index in [4.69, 9.17) is 9.47 Å². The van der Waals surface area contributed by atoms with Crippen molar-refractivity contribution in [1.82, 2.24) is 10.2 Å². The number of aliphatic imine (C=N–C) groups is 1. The molecule has 3 heterocycles. The second-order valence-electron chi connectivity index (χ2n) is 5.21. The third-order valence-electron chi connectivity index (χ3n) is 3.70. The topological polar surface area (TPSA) is 83.4 Å². The van der Waals surface area contributed by atoms with Gasteiger partial charge in [-0.3, -0.25) is 4.79 Å². The molecule has 1 amide bonds. The first-order chi connectivity index (χ1) is 10.1. The van der Waals surface area contributed by atoms with Crippen LogP contribution in [-0.4, -0.2) is 53.5 Å². The monoisotopic (exact) mass is 407 g/mol. The van der Waals surface area contributed by atoms with Gasteiger partial charge in [0.2, 0.25) is 0 Å². The van der Waals surface area contributed by atoms with Gasteiger partial charge in [-0.2, -0.15) is 0 Å². The Kier molecular flexibility index (Phi) is 4.77. The van der Waals surface area contributed by atoms with Crippen LogP contribution in [0.5, 0.6) is 0 Å². The average molecular weight is 407 g/mol. The number of nitrogens with zero attached hydrogens (tertiary/aromatic N) is 2. The number of aliphatic hydroxyl groups is 1. The fourth-order valence-electron chi connectivity index (χ4n) is 2.65. The predicted octanol–water partition coefficient (Wildman–Crippen LogP) is 0.684. The van der Waals surface area contributed by atoms with Crippen molar-refractivity contribution in [2.24, 2.45) is 4.99 Å². The summed E-state index contributed by atoms with van der Waals surface area (Å²) in [5.41, 5.74) is 0.0906. The van der Waals surface area contributed by atoms with Crippen LogP contribution in [0.25, 0.3) is 0 Å². The summed E-state index contributed by atoms with van der Waals surface area (Å²) in [6, 6.07) is 0. The molecule has 2 N–H and O–H groups in total. The number of rotatable bonds is 3. The Labute approximate surface area is 136 Å². The lowest BCUT2D eigenvalue weighted by Crippen LogP contribution is -2.52. The fourth-order valence-corrected chi connectivity index (χ4v) is 3.23. The van der Waals surface area contributed by atoms with Crippen LogP contribution in [-0.2, 0) is 14.3 Å². The number of nitrogens with one attached hydrogen (secondary N) is 1. The molecule has 0 aromatic carbocycles. The maximum atomic E-state index is 12.3. The number of hydrogen-bond donors (Lipinski definition) is 2. The van der Waals surface area contributed by atoms with E-state index in [9.17, 15) is 9.90 Å². The Morgan fingerprint density at radius 2 is 2.14 bits per heavy atom. The largest absolute Gasteiger partial charge is 0.368 e. The standard InChI is InChI=1S/C13H18IN3O4/c14-8-7-17(10-4-2-6-21-10)13(19)11(15-8)12(18)16-9-3-1-5-20-9/h7,9-10,13,19H,1-6H2,(H,16,18)/t9?,10?,13-/m0/s1. The Bertz CT molecular complexity index is 470. The summed E-state index contributed by atoms with van der Waals surface area (Å²) in [4.78, 5) is 18.1. The van der Waals surface area contributed by atoms with Crippen LogP contribution < -0.4 is 5.32 Å². The van der Waals surface area contributed by atoms with Crippen molar-refractivity contribution in [1.29, 1.82) is 0 Å². The zero-order chi connectivity index (χ0) is 14.8. The molecular weight excluding hydrogens is 389 g/mol. The molecule has 0 aromatic rings. The van der Waals surface area contributed by atoms with Crippen molar-refractivity contribution >= 4 is 34.2 Å². The lowest BCUT2D eigenvalue weighted by atomic mass is 10.2. The van der Waals surface area contributed by atoms with E-state index in [0.29, 0.717) is 16.9 Å². The summed E-state index contributed by atoms with van der Waals surface area (Å²) in [7, 11) is 0. The summed E-state index contributed by atoms with van der Waals surface area (Å²) in [6.07, 6.45) is 3.65. The van der Waals surface area contributed by atoms with Gasteiger partial charge in [0.05, 0.1) is 0 Å². The molecule has 2 saturated heterocycles. The second kappa shape index (κ2) is 6.59. The Morgan fingerprint density at radius 3 is 2.81 bits per heavy atom. The Morgan fingerprint density at radius 1 is 1.38 bits per heavy atom. The maximum absolute atomic E-state index is 12.3. The molecule has 21 heavy (non-hydrogen) atoms. The van der Waals surface area contributed by atoms with Gasteiger partial charge in [0.1, 0.15) is 16.2 Å². The molecule has 0 aromatic heterocycles. The number of carbonyl (C=O) groups excluding carboxylic acids is 1. The average Bonchev–Trinajstić information content (AvgIpc) is 3.13. The van der Waals surface area contributed by atoms with E-state index in [0.717, 1.165) is 25.7 Å². The van der Waals surface area contributed by atoms with Gasteiger partial charge < -0.3 is 24.8 Å². The van der Waals surface area contributed by atoms with Crippen LogP contribution in [0, 0.1) is 0 Å². The van der Waals surface area contributed by atoms with Crippen LogP contribution in [0.3, 0.4) is 0 Å². The van der Waals surface area contributed by atoms with Crippen molar-refractivity contribution in [2.45, 2.75) is 44.4 Å². The number of carbonyl (C=O) groups is 1. The molecule has 3 aliphatic rings. The highest BCUT2D eigenvalue weighted by Crippen LogP contribution is 2.25. The first-order valence-electron chi connectivity index (χ1n) is 7.10. The van der Waals surface area contributed by atoms with Crippen LogP contribution in [0.1, 0.15) is 25.7 Å². The van der Waals surface area contributed by atoms with Crippen molar-refractivity contribution < 1.29 is 19.4 Å². The van der Waals surface area contributed by atoms with Gasteiger partial charge in [-0.05, 0) is 48.3 Å². The van der Waals surface area contributed by atoms with Gasteiger partial charge in [0.15, 0.2) is 11.9 Å². The summed E-state index contributed by atoms with van der Waals surface area (Å²) < 4.78 is 11.6. The van der Waals surface area contributed by atoms with Crippen LogP contribution in [0.4, 0.5) is 0 Å². The molecule has 0 spiro atoms. The summed E-state index contributed by atoms with van der Waals surface area (Å²) in [5.74, 6) is -0.389. The van der Waals surface area contributed by atoms with E-state index in [-0.39, 0.29) is 24.1 Å². The molecule has 3 atom stereocenters. The Balaban J connectivity index is 1.71. The smallest absolute Gasteiger partial charge is 0.272 e. The number of halogens is 1. The van der Waals surface area contributed by atoms with E-state index in [1.54, 1.807) is 11.1 Å². The predicted molar refractivity (Wildman–Crippen MR) is 83.5 cm³/mol. The minimum absolute atomic E-state index is 0.0906. The third kappa shape index (κ3) is 3.38. The molecule has 0 bridgehead atoms. The van der Waals surface area contributed by atoms with Crippen LogP contribution >= 0.6 is 22.6 Å². The fraction of sp³-hybridized carbons (Fsp3) is 0.692. The normalized spacial score (nSPS) is 32.9. The third-order valence-corrected chi connectivity index (χ3v) is 4.22. The molecule has 2 unspecified atom stereocenters. The minimum Gasteiger partial charge on any atom is -0.368 e. The lowest BCUT2D eigenvalue weighted by molar-refractivity contribution is -0.119. The highest BCUT2D eigenvalue weighted by Gasteiger charge is 2.35. The molecule has 0 aliphatic carbocycles. The quantitative estimate of drug-likeness (QED) is 0.532. The molecule has 3 aliphatic heterocycles. The zero-order valence-corrected chi connectivity index (χ0v) is 13.7. The molecule has 3 rings (SSSR count). The first kappa shape index (κ1) is 15.2. The highest BCUT2D eigenvalue weighted by molar-refractivity contribution is 14.1. The van der Waals surface area contributed by atoms with E-state index in [1.807, 2.05) is 22.6 Å². The summed E-state index contributed by atoms with van der Waals surface area (Å²) >= 11 is 2.04. The SMILES string of the molecule is O=C(NC1CCCO1)C1=NC(I)=CN(C2CCCO2)[C@H]1O. The van der Waals surface area contributed by atoms with Crippen molar-refractivity contribution in [2.75, 3.05) is 13.2 Å². The minimum atomic E-state index is -1.09. The summed E-state index contributed by atoms with van der Waals surface area (Å²) in [5, 5.41) is 13.2. The van der Waals surface area contributed by atoms with Gasteiger partial charge in [-0.15, -0.1) is 0 Å². The van der Waals surface area contributed by atoms with Crippen molar-refractivity contribution in [3.63, 3.8) is 0 Å². The molecule has 0 radical (unpaired) electrons. The van der Waals surface area contributed by atoms with Crippen molar-refractivity contribution in [3.8, 4) is 0 Å². The number of amides is 1. The summed E-state index contributed by atoms with van der Waals surface area (Å²) in [6.45, 7) is 1.33. The first-order valence-corrected chi connectivity index (χ1v) is 8.18. The van der Waals surface area contributed by atoms with E-state index in [1.165, 1.54) is 0 Å². The Hall–Kier alpha value is -0.710. The van der Waals surface area contributed by atoms with E-state index in [2.05, 4.69) is 10.3 Å². The molecule has 0 saturated carbocycles. The molecule has 8 heteroatoms. The molecule has 2 fully saturated rings. The van der Waals surface area contributed by atoms with Crippen molar-refractivity contribution in [3.05, 3.63) is 9.90 Å². The molecule has 7 nitrogen and oxygen atoms in total. The molecule has 116 valence electrons. The highest BCUT2D eigenvalue weighted by atomic mass is 127.